The highest BCUT2D eigenvalue weighted by atomic mass is 79.9. The van der Waals surface area contributed by atoms with Gasteiger partial charge in [0.05, 0.1) is 12.8 Å². The molecule has 0 spiro atoms. The third-order valence-electron chi connectivity index (χ3n) is 2.78. The largest absolute Gasteiger partial charge is 0.492 e. The number of aromatic nitrogens is 1. The average molecular weight is 401 g/mol. The Morgan fingerprint density at radius 3 is 2.65 bits per heavy atom. The number of nitrogens with zero attached hydrogens (tertiary/aromatic N) is 1. The number of hydrogen-bond acceptors (Lipinski definition) is 3. The second-order valence-electron chi connectivity index (χ2n) is 4.38. The number of rotatable bonds is 5. The number of benzene rings is 1. The highest BCUT2D eigenvalue weighted by Crippen LogP contribution is 2.30. The minimum Gasteiger partial charge on any atom is -0.492 e. The van der Waals surface area contributed by atoms with E-state index >= 15 is 0 Å². The van der Waals surface area contributed by atoms with Gasteiger partial charge in [0.15, 0.2) is 0 Å². The van der Waals surface area contributed by atoms with Gasteiger partial charge in [-0.2, -0.15) is 0 Å². The minimum atomic E-state index is -0.725. The predicted molar refractivity (Wildman–Crippen MR) is 85.9 cm³/mol. The first-order chi connectivity index (χ1) is 9.61. The number of pyridine rings is 1. The number of hydrogen-bond donors (Lipinski definition) is 1. The van der Waals surface area contributed by atoms with Crippen LogP contribution in [0.25, 0.3) is 0 Å². The SMILES string of the molecule is CCCOc1cncc(C(O)c2ccc(Br)c(Br)c2)c1. The van der Waals surface area contributed by atoms with Crippen molar-refractivity contribution in [2.45, 2.75) is 19.4 Å². The smallest absolute Gasteiger partial charge is 0.137 e. The number of aliphatic hydroxyl groups is 1. The zero-order valence-electron chi connectivity index (χ0n) is 11.0. The highest BCUT2D eigenvalue weighted by Gasteiger charge is 2.13. The second-order valence-corrected chi connectivity index (χ2v) is 6.09. The van der Waals surface area contributed by atoms with Gasteiger partial charge in [-0.25, -0.2) is 0 Å². The number of halogens is 2. The molecule has 2 rings (SSSR count). The fraction of sp³-hybridized carbons (Fsp3) is 0.267. The molecule has 0 saturated heterocycles. The molecule has 2 aromatic rings. The summed E-state index contributed by atoms with van der Waals surface area (Å²) in [5, 5.41) is 10.4. The maximum atomic E-state index is 10.4. The van der Waals surface area contributed by atoms with Gasteiger partial charge in [0.1, 0.15) is 11.9 Å². The molecule has 3 nitrogen and oxygen atoms in total. The van der Waals surface area contributed by atoms with Crippen molar-refractivity contribution < 1.29 is 9.84 Å². The standard InChI is InChI=1S/C15H15Br2NO2/c1-2-5-20-12-6-11(8-18-9-12)15(19)10-3-4-13(16)14(17)7-10/h3-4,6-9,15,19H,2,5H2,1H3. The molecule has 1 aromatic carbocycles. The molecule has 106 valence electrons. The van der Waals surface area contributed by atoms with Crippen LogP contribution in [-0.2, 0) is 0 Å². The molecule has 0 amide bonds. The van der Waals surface area contributed by atoms with Crippen LogP contribution in [0.15, 0.2) is 45.6 Å². The molecule has 0 radical (unpaired) electrons. The Bertz CT molecular complexity index is 590. The molecule has 0 aliphatic heterocycles. The van der Waals surface area contributed by atoms with Crippen molar-refractivity contribution in [1.82, 2.24) is 4.98 Å². The number of aliphatic hydroxyl groups excluding tert-OH is 1. The highest BCUT2D eigenvalue weighted by molar-refractivity contribution is 9.13. The third kappa shape index (κ3) is 3.81. The van der Waals surface area contributed by atoms with Gasteiger partial charge < -0.3 is 9.84 Å². The van der Waals surface area contributed by atoms with Gasteiger partial charge in [0, 0.05) is 20.7 Å². The summed E-state index contributed by atoms with van der Waals surface area (Å²) in [6.45, 7) is 2.69. The maximum Gasteiger partial charge on any atom is 0.137 e. The van der Waals surface area contributed by atoms with Crippen LogP contribution in [0.3, 0.4) is 0 Å². The predicted octanol–water partition coefficient (Wildman–Crippen LogP) is 4.48. The van der Waals surface area contributed by atoms with Crippen molar-refractivity contribution in [3.63, 3.8) is 0 Å². The molecule has 1 N–H and O–H groups in total. The lowest BCUT2D eigenvalue weighted by atomic mass is 10.0. The molecular formula is C15H15Br2NO2. The average Bonchev–Trinajstić information content (AvgIpc) is 2.47. The van der Waals surface area contributed by atoms with Crippen molar-refractivity contribution in [2.75, 3.05) is 6.61 Å². The first kappa shape index (κ1) is 15.5. The first-order valence-electron chi connectivity index (χ1n) is 6.32. The van der Waals surface area contributed by atoms with Gasteiger partial charge in [-0.15, -0.1) is 0 Å². The fourth-order valence-electron chi connectivity index (χ4n) is 1.76. The van der Waals surface area contributed by atoms with Crippen LogP contribution < -0.4 is 4.74 Å². The summed E-state index contributed by atoms with van der Waals surface area (Å²) in [5.41, 5.74) is 1.52. The Morgan fingerprint density at radius 2 is 1.95 bits per heavy atom. The van der Waals surface area contributed by atoms with Gasteiger partial charge in [0.2, 0.25) is 0 Å². The lowest BCUT2D eigenvalue weighted by molar-refractivity contribution is 0.218. The van der Waals surface area contributed by atoms with Gasteiger partial charge >= 0.3 is 0 Å². The summed E-state index contributed by atoms with van der Waals surface area (Å²) >= 11 is 6.85. The van der Waals surface area contributed by atoms with Crippen LogP contribution in [0, 0.1) is 0 Å². The quantitative estimate of drug-likeness (QED) is 0.804. The van der Waals surface area contributed by atoms with Crippen LogP contribution in [0.1, 0.15) is 30.6 Å². The lowest BCUT2D eigenvalue weighted by Gasteiger charge is -2.13. The molecular weight excluding hydrogens is 386 g/mol. The first-order valence-corrected chi connectivity index (χ1v) is 7.91. The lowest BCUT2D eigenvalue weighted by Crippen LogP contribution is -2.02. The third-order valence-corrected chi connectivity index (χ3v) is 4.66. The fourth-order valence-corrected chi connectivity index (χ4v) is 2.40. The Morgan fingerprint density at radius 1 is 1.15 bits per heavy atom. The van der Waals surface area contributed by atoms with E-state index < -0.39 is 6.10 Å². The van der Waals surface area contributed by atoms with Crippen LogP contribution in [0.2, 0.25) is 0 Å². The number of ether oxygens (including phenoxy) is 1. The summed E-state index contributed by atoms with van der Waals surface area (Å²) in [4.78, 5) is 4.12. The van der Waals surface area contributed by atoms with E-state index in [1.807, 2.05) is 31.2 Å². The molecule has 0 fully saturated rings. The van der Waals surface area contributed by atoms with Crippen molar-refractivity contribution in [1.29, 1.82) is 0 Å². The van der Waals surface area contributed by atoms with Gasteiger partial charge in [-0.05, 0) is 62.0 Å². The van der Waals surface area contributed by atoms with E-state index in [4.69, 9.17) is 4.74 Å². The van der Waals surface area contributed by atoms with E-state index in [-0.39, 0.29) is 0 Å². The molecule has 1 unspecified atom stereocenters. The topological polar surface area (TPSA) is 42.4 Å². The molecule has 5 heteroatoms. The molecule has 0 saturated carbocycles. The van der Waals surface area contributed by atoms with Crippen molar-refractivity contribution in [3.8, 4) is 5.75 Å². The van der Waals surface area contributed by atoms with E-state index in [1.165, 1.54) is 0 Å². The van der Waals surface area contributed by atoms with Crippen molar-refractivity contribution in [2.24, 2.45) is 0 Å². The zero-order chi connectivity index (χ0) is 14.5. The van der Waals surface area contributed by atoms with E-state index in [2.05, 4.69) is 36.8 Å². The summed E-state index contributed by atoms with van der Waals surface area (Å²) in [6.07, 6.45) is 3.52. The molecule has 1 aromatic heterocycles. The molecule has 0 bridgehead atoms. The molecule has 0 aliphatic rings. The molecule has 0 aliphatic carbocycles. The van der Waals surface area contributed by atoms with Crippen LogP contribution in [0.5, 0.6) is 5.75 Å². The van der Waals surface area contributed by atoms with Crippen molar-refractivity contribution in [3.05, 3.63) is 56.7 Å². The Hall–Kier alpha value is -0.910. The summed E-state index contributed by atoms with van der Waals surface area (Å²) < 4.78 is 7.39. The Kier molecular flexibility index (Phi) is 5.57. The summed E-state index contributed by atoms with van der Waals surface area (Å²) in [7, 11) is 0. The van der Waals surface area contributed by atoms with Gasteiger partial charge in [-0.1, -0.05) is 13.0 Å². The van der Waals surface area contributed by atoms with Crippen LogP contribution >= 0.6 is 31.9 Å². The van der Waals surface area contributed by atoms with Crippen LogP contribution in [-0.4, -0.2) is 16.7 Å². The molecule has 1 atom stereocenters. The maximum absolute atomic E-state index is 10.4. The minimum absolute atomic E-state index is 0.644. The second kappa shape index (κ2) is 7.20. The molecule has 20 heavy (non-hydrogen) atoms. The van der Waals surface area contributed by atoms with E-state index in [0.29, 0.717) is 17.9 Å². The van der Waals surface area contributed by atoms with Crippen LogP contribution in [0.4, 0.5) is 0 Å². The Labute approximate surface area is 135 Å². The zero-order valence-corrected chi connectivity index (χ0v) is 14.2. The van der Waals surface area contributed by atoms with Gasteiger partial charge in [-0.3, -0.25) is 4.98 Å². The normalized spacial score (nSPS) is 12.2. The van der Waals surface area contributed by atoms with Crippen molar-refractivity contribution >= 4 is 31.9 Å². The summed E-state index contributed by atoms with van der Waals surface area (Å²) in [5.74, 6) is 0.680. The van der Waals surface area contributed by atoms with E-state index in [1.54, 1.807) is 12.4 Å². The molecule has 1 heterocycles. The van der Waals surface area contributed by atoms with Gasteiger partial charge in [0.25, 0.3) is 0 Å². The Balaban J connectivity index is 2.23. The van der Waals surface area contributed by atoms with E-state index in [9.17, 15) is 5.11 Å². The monoisotopic (exact) mass is 399 g/mol. The summed E-state index contributed by atoms with van der Waals surface area (Å²) in [6, 6.07) is 7.48. The van der Waals surface area contributed by atoms with E-state index in [0.717, 1.165) is 20.9 Å².